The second kappa shape index (κ2) is 3.95. The monoisotopic (exact) mass is 188 g/mol. The zero-order valence-electron chi connectivity index (χ0n) is 8.68. The van der Waals surface area contributed by atoms with E-state index in [1.807, 2.05) is 6.07 Å². The van der Waals surface area contributed by atoms with Gasteiger partial charge in [-0.25, -0.2) is 0 Å². The number of carbonyl (C=O) groups excluding carboxylic acids is 1. The first-order valence-corrected chi connectivity index (χ1v) is 5.46. The van der Waals surface area contributed by atoms with Gasteiger partial charge < -0.3 is 0 Å². The molecule has 14 heavy (non-hydrogen) atoms. The Morgan fingerprint density at radius 3 is 2.79 bits per heavy atom. The van der Waals surface area contributed by atoms with Crippen LogP contribution in [-0.4, -0.2) is 5.78 Å². The highest BCUT2D eigenvalue weighted by Crippen LogP contribution is 2.21. The zero-order valence-corrected chi connectivity index (χ0v) is 8.68. The summed E-state index contributed by atoms with van der Waals surface area (Å²) in [7, 11) is 0. The molecular weight excluding hydrogens is 172 g/mol. The summed E-state index contributed by atoms with van der Waals surface area (Å²) in [4.78, 5) is 11.7. The Kier molecular flexibility index (Phi) is 2.67. The summed E-state index contributed by atoms with van der Waals surface area (Å²) in [5.41, 5.74) is 3.59. The number of fused-ring (bicyclic) bond motifs is 1. The van der Waals surface area contributed by atoms with Crippen molar-refractivity contribution < 1.29 is 4.79 Å². The SMILES string of the molecule is CCc1ccc2c(c1)CCCCC2=O. The summed E-state index contributed by atoms with van der Waals surface area (Å²) < 4.78 is 0. The van der Waals surface area contributed by atoms with Gasteiger partial charge in [0.15, 0.2) is 5.78 Å². The lowest BCUT2D eigenvalue weighted by Gasteiger charge is -2.06. The van der Waals surface area contributed by atoms with Crippen LogP contribution in [0.3, 0.4) is 0 Å². The van der Waals surface area contributed by atoms with E-state index in [2.05, 4.69) is 19.1 Å². The molecule has 1 aliphatic carbocycles. The first kappa shape index (κ1) is 9.45. The zero-order chi connectivity index (χ0) is 9.97. The van der Waals surface area contributed by atoms with Crippen LogP contribution in [0.2, 0.25) is 0 Å². The third-order valence-corrected chi connectivity index (χ3v) is 2.98. The molecule has 0 N–H and O–H groups in total. The van der Waals surface area contributed by atoms with Gasteiger partial charge in [0.25, 0.3) is 0 Å². The Hall–Kier alpha value is -1.11. The lowest BCUT2D eigenvalue weighted by Crippen LogP contribution is -2.00. The quantitative estimate of drug-likeness (QED) is 0.619. The Bertz CT molecular complexity index is 352. The third-order valence-electron chi connectivity index (χ3n) is 2.98. The van der Waals surface area contributed by atoms with Crippen LogP contribution in [-0.2, 0) is 12.8 Å². The van der Waals surface area contributed by atoms with Gasteiger partial charge in [-0.05, 0) is 36.8 Å². The molecule has 74 valence electrons. The number of hydrogen-bond donors (Lipinski definition) is 0. The van der Waals surface area contributed by atoms with Gasteiger partial charge in [-0.3, -0.25) is 4.79 Å². The van der Waals surface area contributed by atoms with E-state index in [1.165, 1.54) is 11.1 Å². The second-order valence-electron chi connectivity index (χ2n) is 3.98. The standard InChI is InChI=1S/C13H16O/c1-2-10-7-8-12-11(9-10)5-3-4-6-13(12)14/h7-9H,2-6H2,1H3. The molecule has 0 radical (unpaired) electrons. The fourth-order valence-electron chi connectivity index (χ4n) is 2.08. The Labute approximate surface area is 85.1 Å². The van der Waals surface area contributed by atoms with E-state index < -0.39 is 0 Å². The molecule has 0 saturated heterocycles. The molecule has 1 heteroatoms. The van der Waals surface area contributed by atoms with E-state index in [4.69, 9.17) is 0 Å². The summed E-state index contributed by atoms with van der Waals surface area (Å²) in [6.07, 6.45) is 5.08. The fourth-order valence-corrected chi connectivity index (χ4v) is 2.08. The lowest BCUT2D eigenvalue weighted by atomic mass is 9.98. The summed E-state index contributed by atoms with van der Waals surface area (Å²) in [5.74, 6) is 0.333. The van der Waals surface area contributed by atoms with E-state index in [9.17, 15) is 4.79 Å². The molecule has 0 saturated carbocycles. The Morgan fingerprint density at radius 1 is 1.21 bits per heavy atom. The van der Waals surface area contributed by atoms with Gasteiger partial charge in [-0.15, -0.1) is 0 Å². The highest BCUT2D eigenvalue weighted by Gasteiger charge is 2.14. The van der Waals surface area contributed by atoms with Crippen LogP contribution in [0.15, 0.2) is 18.2 Å². The van der Waals surface area contributed by atoms with E-state index in [-0.39, 0.29) is 0 Å². The van der Waals surface area contributed by atoms with Gasteiger partial charge in [0.1, 0.15) is 0 Å². The molecule has 1 nitrogen and oxygen atoms in total. The van der Waals surface area contributed by atoms with E-state index in [1.54, 1.807) is 0 Å². The van der Waals surface area contributed by atoms with Crippen molar-refractivity contribution in [1.29, 1.82) is 0 Å². The molecule has 1 aromatic carbocycles. The second-order valence-corrected chi connectivity index (χ2v) is 3.98. The van der Waals surface area contributed by atoms with Gasteiger partial charge >= 0.3 is 0 Å². The average molecular weight is 188 g/mol. The first-order chi connectivity index (χ1) is 6.81. The minimum atomic E-state index is 0.333. The van der Waals surface area contributed by atoms with E-state index in [0.29, 0.717) is 5.78 Å². The predicted octanol–water partition coefficient (Wildman–Crippen LogP) is 3.16. The maximum Gasteiger partial charge on any atom is 0.163 e. The van der Waals surface area contributed by atoms with Crippen molar-refractivity contribution in [2.24, 2.45) is 0 Å². The molecular formula is C13H16O. The summed E-state index contributed by atoms with van der Waals surface area (Å²) >= 11 is 0. The maximum atomic E-state index is 11.7. The first-order valence-electron chi connectivity index (χ1n) is 5.46. The van der Waals surface area contributed by atoms with Crippen molar-refractivity contribution in [1.82, 2.24) is 0 Å². The van der Waals surface area contributed by atoms with E-state index >= 15 is 0 Å². The third kappa shape index (κ3) is 1.72. The van der Waals surface area contributed by atoms with E-state index in [0.717, 1.165) is 37.7 Å². The minimum absolute atomic E-state index is 0.333. The molecule has 1 aromatic rings. The van der Waals surface area contributed by atoms with Crippen LogP contribution in [0.1, 0.15) is 47.7 Å². The van der Waals surface area contributed by atoms with Crippen LogP contribution in [0.4, 0.5) is 0 Å². The van der Waals surface area contributed by atoms with Crippen molar-refractivity contribution in [3.8, 4) is 0 Å². The molecule has 1 aliphatic rings. The number of carbonyl (C=O) groups is 1. The molecule has 0 spiro atoms. The number of rotatable bonds is 1. The average Bonchev–Trinajstić information content (AvgIpc) is 2.40. The topological polar surface area (TPSA) is 17.1 Å². The van der Waals surface area contributed by atoms with Crippen molar-refractivity contribution >= 4 is 5.78 Å². The Balaban J connectivity index is 2.43. The van der Waals surface area contributed by atoms with Crippen molar-refractivity contribution in [2.75, 3.05) is 0 Å². The highest BCUT2D eigenvalue weighted by atomic mass is 16.1. The number of aryl methyl sites for hydroxylation is 2. The molecule has 2 rings (SSSR count). The summed E-state index contributed by atoms with van der Waals surface area (Å²) in [5, 5.41) is 0. The largest absolute Gasteiger partial charge is 0.294 e. The molecule has 0 aliphatic heterocycles. The van der Waals surface area contributed by atoms with Crippen LogP contribution >= 0.6 is 0 Å². The van der Waals surface area contributed by atoms with Crippen LogP contribution in [0.5, 0.6) is 0 Å². The van der Waals surface area contributed by atoms with Gasteiger partial charge in [-0.2, -0.15) is 0 Å². The van der Waals surface area contributed by atoms with Crippen LogP contribution < -0.4 is 0 Å². The lowest BCUT2D eigenvalue weighted by molar-refractivity contribution is 0.0982. The molecule has 0 amide bonds. The fraction of sp³-hybridized carbons (Fsp3) is 0.462. The summed E-state index contributed by atoms with van der Waals surface area (Å²) in [6.45, 7) is 2.15. The van der Waals surface area contributed by atoms with Crippen LogP contribution in [0, 0.1) is 0 Å². The predicted molar refractivity (Wildman–Crippen MR) is 57.7 cm³/mol. The number of Topliss-reactive ketones (excluding diaryl/α,β-unsaturated/α-hetero) is 1. The minimum Gasteiger partial charge on any atom is -0.294 e. The molecule has 0 fully saturated rings. The molecule has 0 unspecified atom stereocenters. The van der Waals surface area contributed by atoms with Crippen LogP contribution in [0.25, 0.3) is 0 Å². The Morgan fingerprint density at radius 2 is 2.00 bits per heavy atom. The number of benzene rings is 1. The van der Waals surface area contributed by atoms with Crippen molar-refractivity contribution in [3.63, 3.8) is 0 Å². The van der Waals surface area contributed by atoms with Gasteiger partial charge in [0.2, 0.25) is 0 Å². The molecule has 0 aromatic heterocycles. The molecule has 0 atom stereocenters. The molecule has 0 heterocycles. The smallest absolute Gasteiger partial charge is 0.163 e. The maximum absolute atomic E-state index is 11.7. The summed E-state index contributed by atoms with van der Waals surface area (Å²) in [6, 6.07) is 6.31. The molecule has 0 bridgehead atoms. The number of hydrogen-bond acceptors (Lipinski definition) is 1. The number of ketones is 1. The van der Waals surface area contributed by atoms with Crippen molar-refractivity contribution in [2.45, 2.75) is 39.0 Å². The normalized spacial score (nSPS) is 16.2. The van der Waals surface area contributed by atoms with Crippen molar-refractivity contribution in [3.05, 3.63) is 34.9 Å². The highest BCUT2D eigenvalue weighted by molar-refractivity contribution is 5.97. The van der Waals surface area contributed by atoms with Gasteiger partial charge in [0.05, 0.1) is 0 Å². The van der Waals surface area contributed by atoms with Gasteiger partial charge in [0, 0.05) is 12.0 Å². The van der Waals surface area contributed by atoms with Gasteiger partial charge in [-0.1, -0.05) is 25.1 Å².